The third-order valence-electron chi connectivity index (χ3n) is 11.2. The second-order valence-electron chi connectivity index (χ2n) is 14.2. The number of amides is 1. The number of nitrogens with zero attached hydrogens (tertiary/aromatic N) is 7. The van der Waals surface area contributed by atoms with E-state index in [0.717, 1.165) is 44.2 Å². The van der Waals surface area contributed by atoms with E-state index in [2.05, 4.69) is 31.6 Å². The molecule has 0 N–H and O–H groups in total. The van der Waals surface area contributed by atoms with Crippen LogP contribution in [0.1, 0.15) is 38.5 Å². The Labute approximate surface area is 295 Å². The fraction of sp³-hybridized carbons (Fsp3) is 0.474. The SMILES string of the molecule is CN1CCCC1C#CC(=O)N1CC[C@@H](N(C)c2nc(OC[C@@]34CCCN3C[C@H](F)C4)nc3c(F)c(-c4cccc5cccc(Cl)c45)ncc23)C1. The van der Waals surface area contributed by atoms with Crippen LogP contribution in [-0.2, 0) is 4.79 Å². The molecule has 1 amide bonds. The second-order valence-corrected chi connectivity index (χ2v) is 14.6. The molecule has 260 valence electrons. The first-order valence-corrected chi connectivity index (χ1v) is 17.9. The average Bonchev–Trinajstić information content (AvgIpc) is 3.91. The standard InChI is InChI=1S/C38H40ClF2N7O2/c1-45-16-5-9-26(45)12-13-31(49)47-18-14-27(22-47)46(2)36-29-20-42-34(28-10-3-7-24-8-4-11-30(39)32(24)28)33(41)35(29)43-37(44-36)50-23-38-15-6-17-48(38)21-25(40)19-38/h3-4,7-8,10-11,20,25-27H,5-6,9,14-19,21-23H2,1-2H3/t25-,26?,27-,38+/m1/s1. The molecule has 4 aliphatic rings. The Morgan fingerprint density at radius 2 is 1.96 bits per heavy atom. The van der Waals surface area contributed by atoms with Crippen LogP contribution in [0.2, 0.25) is 5.02 Å². The van der Waals surface area contributed by atoms with Gasteiger partial charge in [-0.15, -0.1) is 0 Å². The fourth-order valence-corrected chi connectivity index (χ4v) is 8.70. The molecule has 0 spiro atoms. The number of ether oxygens (including phenoxy) is 1. The summed E-state index contributed by atoms with van der Waals surface area (Å²) in [6.07, 6.45) is 5.62. The van der Waals surface area contributed by atoms with E-state index >= 15 is 4.39 Å². The summed E-state index contributed by atoms with van der Waals surface area (Å²) in [5.41, 5.74) is 0.319. The lowest BCUT2D eigenvalue weighted by Crippen LogP contribution is -2.43. The van der Waals surface area contributed by atoms with E-state index in [0.29, 0.717) is 59.7 Å². The molecule has 9 nitrogen and oxygen atoms in total. The number of carbonyl (C=O) groups is 1. The van der Waals surface area contributed by atoms with E-state index < -0.39 is 17.5 Å². The van der Waals surface area contributed by atoms with Gasteiger partial charge in [-0.05, 0) is 69.6 Å². The molecule has 0 radical (unpaired) electrons. The minimum atomic E-state index is -0.909. The van der Waals surface area contributed by atoms with Gasteiger partial charge in [0.05, 0.1) is 17.0 Å². The number of benzene rings is 2. The summed E-state index contributed by atoms with van der Waals surface area (Å²) in [7, 11) is 3.93. The highest BCUT2D eigenvalue weighted by molar-refractivity contribution is 6.36. The van der Waals surface area contributed by atoms with Crippen molar-refractivity contribution in [2.45, 2.75) is 62.3 Å². The Morgan fingerprint density at radius 3 is 2.78 bits per heavy atom. The maximum Gasteiger partial charge on any atom is 0.319 e. The van der Waals surface area contributed by atoms with Crippen molar-refractivity contribution in [2.24, 2.45) is 0 Å². The smallest absolute Gasteiger partial charge is 0.319 e. The number of anilines is 1. The highest BCUT2D eigenvalue weighted by Crippen LogP contribution is 2.41. The van der Waals surface area contributed by atoms with Gasteiger partial charge in [-0.2, -0.15) is 9.97 Å². The molecule has 4 fully saturated rings. The number of likely N-dealkylation sites (N-methyl/N-ethyl adjacent to an activating group) is 1. The molecule has 0 saturated carbocycles. The molecule has 6 heterocycles. The minimum absolute atomic E-state index is 0.0207. The quantitative estimate of drug-likeness (QED) is 0.237. The first kappa shape index (κ1) is 33.1. The Hall–Kier alpha value is -4.11. The van der Waals surface area contributed by atoms with Crippen molar-refractivity contribution in [1.82, 2.24) is 29.7 Å². The Kier molecular flexibility index (Phi) is 8.74. The first-order chi connectivity index (χ1) is 24.2. The molecule has 12 heteroatoms. The van der Waals surface area contributed by atoms with Crippen LogP contribution in [0.3, 0.4) is 0 Å². The number of rotatable bonds is 6. The number of halogens is 3. The van der Waals surface area contributed by atoms with Gasteiger partial charge in [-0.1, -0.05) is 47.9 Å². The molecule has 0 bridgehead atoms. The largest absolute Gasteiger partial charge is 0.461 e. The topological polar surface area (TPSA) is 77.9 Å². The highest BCUT2D eigenvalue weighted by atomic mass is 35.5. The predicted molar refractivity (Wildman–Crippen MR) is 191 cm³/mol. The van der Waals surface area contributed by atoms with Gasteiger partial charge in [0.2, 0.25) is 0 Å². The van der Waals surface area contributed by atoms with E-state index in [1.165, 1.54) is 0 Å². The van der Waals surface area contributed by atoms with Gasteiger partial charge in [0.1, 0.15) is 29.8 Å². The van der Waals surface area contributed by atoms with Crippen LogP contribution in [-0.4, -0.2) is 113 Å². The number of pyridine rings is 1. The van der Waals surface area contributed by atoms with Crippen molar-refractivity contribution in [1.29, 1.82) is 0 Å². The molecule has 4 atom stereocenters. The number of likely N-dealkylation sites (tertiary alicyclic amines) is 2. The molecule has 1 unspecified atom stereocenters. The zero-order chi connectivity index (χ0) is 34.6. The number of hydrogen-bond acceptors (Lipinski definition) is 8. The number of carbonyl (C=O) groups excluding carboxylic acids is 1. The lowest BCUT2D eigenvalue weighted by atomic mass is 9.95. The van der Waals surface area contributed by atoms with Crippen LogP contribution in [0, 0.1) is 17.7 Å². The Balaban J connectivity index is 1.14. The van der Waals surface area contributed by atoms with Crippen molar-refractivity contribution < 1.29 is 18.3 Å². The third-order valence-corrected chi connectivity index (χ3v) is 11.5. The molecule has 2 aromatic heterocycles. The zero-order valence-electron chi connectivity index (χ0n) is 28.3. The Morgan fingerprint density at radius 1 is 1.12 bits per heavy atom. The first-order valence-electron chi connectivity index (χ1n) is 17.5. The van der Waals surface area contributed by atoms with E-state index in [1.54, 1.807) is 23.2 Å². The van der Waals surface area contributed by atoms with Crippen molar-refractivity contribution in [2.75, 3.05) is 58.3 Å². The maximum atomic E-state index is 16.8. The normalized spacial score (nSPS) is 25.3. The molecule has 8 rings (SSSR count). The summed E-state index contributed by atoms with van der Waals surface area (Å²) in [4.78, 5) is 35.3. The molecule has 0 aliphatic carbocycles. The molecule has 4 saturated heterocycles. The van der Waals surface area contributed by atoms with Gasteiger partial charge in [0, 0.05) is 61.3 Å². The second kappa shape index (κ2) is 13.2. The van der Waals surface area contributed by atoms with Crippen LogP contribution in [0.5, 0.6) is 6.01 Å². The number of fused-ring (bicyclic) bond motifs is 3. The van der Waals surface area contributed by atoms with Gasteiger partial charge in [-0.25, -0.2) is 8.78 Å². The summed E-state index contributed by atoms with van der Waals surface area (Å²) in [5, 5.41) is 2.49. The lowest BCUT2D eigenvalue weighted by molar-refractivity contribution is -0.124. The van der Waals surface area contributed by atoms with Gasteiger partial charge in [-0.3, -0.25) is 19.6 Å². The summed E-state index contributed by atoms with van der Waals surface area (Å²) in [6, 6.07) is 11.2. The summed E-state index contributed by atoms with van der Waals surface area (Å²) >= 11 is 6.63. The lowest BCUT2D eigenvalue weighted by Gasteiger charge is -2.31. The molecule has 4 aliphatic heterocycles. The predicted octanol–water partition coefficient (Wildman–Crippen LogP) is 5.73. The maximum absolute atomic E-state index is 16.8. The van der Waals surface area contributed by atoms with E-state index in [4.69, 9.17) is 21.3 Å². The van der Waals surface area contributed by atoms with Crippen LogP contribution >= 0.6 is 11.6 Å². The average molecular weight is 700 g/mol. The monoisotopic (exact) mass is 699 g/mol. The fourth-order valence-electron chi connectivity index (χ4n) is 8.42. The summed E-state index contributed by atoms with van der Waals surface area (Å²) in [5.74, 6) is 5.69. The van der Waals surface area contributed by atoms with Crippen LogP contribution in [0.25, 0.3) is 32.9 Å². The number of hydrogen-bond donors (Lipinski definition) is 0. The van der Waals surface area contributed by atoms with E-state index in [1.807, 2.05) is 43.3 Å². The minimum Gasteiger partial charge on any atom is -0.461 e. The van der Waals surface area contributed by atoms with Crippen molar-refractivity contribution >= 4 is 45.0 Å². The summed E-state index contributed by atoms with van der Waals surface area (Å²) < 4.78 is 37.7. The third kappa shape index (κ3) is 5.91. The van der Waals surface area contributed by atoms with Crippen molar-refractivity contribution in [3.05, 3.63) is 53.4 Å². The van der Waals surface area contributed by atoms with Crippen molar-refractivity contribution in [3.63, 3.8) is 0 Å². The van der Waals surface area contributed by atoms with Gasteiger partial charge in [0.25, 0.3) is 5.91 Å². The van der Waals surface area contributed by atoms with Gasteiger partial charge >= 0.3 is 6.01 Å². The molecule has 2 aromatic carbocycles. The molecule has 50 heavy (non-hydrogen) atoms. The highest BCUT2D eigenvalue weighted by Gasteiger charge is 2.49. The van der Waals surface area contributed by atoms with Crippen LogP contribution in [0.15, 0.2) is 42.6 Å². The number of alkyl halides is 1. The van der Waals surface area contributed by atoms with Crippen LogP contribution in [0.4, 0.5) is 14.6 Å². The Bertz CT molecular complexity index is 2030. The number of aromatic nitrogens is 3. The zero-order valence-corrected chi connectivity index (χ0v) is 29.1. The van der Waals surface area contributed by atoms with E-state index in [-0.39, 0.29) is 41.8 Å². The van der Waals surface area contributed by atoms with Gasteiger partial charge < -0.3 is 14.5 Å². The van der Waals surface area contributed by atoms with Gasteiger partial charge in [0.15, 0.2) is 5.82 Å². The molecular weight excluding hydrogens is 660 g/mol. The summed E-state index contributed by atoms with van der Waals surface area (Å²) in [6.45, 7) is 3.42. The molecule has 4 aromatic rings. The van der Waals surface area contributed by atoms with Crippen LogP contribution < -0.4 is 9.64 Å². The molecular formula is C38H40ClF2N7O2. The van der Waals surface area contributed by atoms with E-state index in [9.17, 15) is 9.18 Å². The van der Waals surface area contributed by atoms with Crippen molar-refractivity contribution in [3.8, 4) is 29.1 Å².